The van der Waals surface area contributed by atoms with Gasteiger partial charge in [0.15, 0.2) is 0 Å². The average molecular weight is 338 g/mol. The van der Waals surface area contributed by atoms with Gasteiger partial charge in [0.05, 0.1) is 11.8 Å². The number of carbonyl (C=O) groups excluding carboxylic acids is 1. The quantitative estimate of drug-likeness (QED) is 0.503. The number of unbranched alkanes of at least 4 members (excludes halogenated alkanes) is 2. The van der Waals surface area contributed by atoms with Crippen molar-refractivity contribution in [3.05, 3.63) is 17.2 Å². The van der Waals surface area contributed by atoms with Crippen molar-refractivity contribution in [2.24, 2.45) is 5.41 Å². The van der Waals surface area contributed by atoms with E-state index >= 15 is 0 Å². The number of aryl methyl sites for hydroxylation is 2. The van der Waals surface area contributed by atoms with E-state index in [9.17, 15) is 9.90 Å². The number of aromatic amines is 1. The molecule has 0 saturated carbocycles. The molecule has 1 aromatic heterocycles. The molecule has 138 valence electrons. The molecule has 0 aliphatic heterocycles. The Morgan fingerprint density at radius 3 is 2.58 bits per heavy atom. The van der Waals surface area contributed by atoms with Crippen LogP contribution in [0, 0.1) is 12.3 Å². The first kappa shape index (κ1) is 20.7. The van der Waals surface area contributed by atoms with E-state index in [1.165, 1.54) is 6.42 Å². The molecule has 1 aromatic rings. The van der Waals surface area contributed by atoms with Gasteiger partial charge in [-0.05, 0) is 25.2 Å². The van der Waals surface area contributed by atoms with Crippen LogP contribution in [0.3, 0.4) is 0 Å². The summed E-state index contributed by atoms with van der Waals surface area (Å²) in [6.07, 6.45) is 5.16. The summed E-state index contributed by atoms with van der Waals surface area (Å²) in [5.41, 5.74) is 2.17. The molecule has 2 N–H and O–H groups in total. The molecular formula is C19H34N2O3. The molecule has 0 radical (unpaired) electrons. The van der Waals surface area contributed by atoms with Gasteiger partial charge >= 0.3 is 5.97 Å². The first-order valence-corrected chi connectivity index (χ1v) is 9.09. The normalized spacial score (nSPS) is 13.1. The molecule has 1 heterocycles. The van der Waals surface area contributed by atoms with E-state index in [-0.39, 0.29) is 12.6 Å². The molecule has 0 aliphatic carbocycles. The third kappa shape index (κ3) is 8.48. The van der Waals surface area contributed by atoms with Gasteiger partial charge in [0.25, 0.3) is 0 Å². The summed E-state index contributed by atoms with van der Waals surface area (Å²) in [5, 5.41) is 10.0. The molecule has 24 heavy (non-hydrogen) atoms. The van der Waals surface area contributed by atoms with Crippen LogP contribution in [0.4, 0.5) is 0 Å². The SMILES string of the molecule is CCc1nc(CC(O)COC(=O)CCCCCC(C)(C)C)c(C)[nH]1. The zero-order valence-electron chi connectivity index (χ0n) is 15.9. The molecule has 0 aromatic carbocycles. The molecule has 1 atom stereocenters. The number of nitrogens with one attached hydrogen (secondary N) is 1. The molecular weight excluding hydrogens is 304 g/mol. The summed E-state index contributed by atoms with van der Waals surface area (Å²) in [6.45, 7) is 10.7. The van der Waals surface area contributed by atoms with Crippen molar-refractivity contribution in [3.63, 3.8) is 0 Å². The van der Waals surface area contributed by atoms with Gasteiger partial charge < -0.3 is 14.8 Å². The average Bonchev–Trinajstić information content (AvgIpc) is 2.84. The van der Waals surface area contributed by atoms with E-state index in [1.807, 2.05) is 13.8 Å². The first-order valence-electron chi connectivity index (χ1n) is 9.09. The van der Waals surface area contributed by atoms with Crippen molar-refractivity contribution in [1.29, 1.82) is 0 Å². The van der Waals surface area contributed by atoms with Crippen LogP contribution in [0.2, 0.25) is 0 Å². The Kier molecular flexibility index (Phi) is 8.46. The van der Waals surface area contributed by atoms with Crippen molar-refractivity contribution < 1.29 is 14.6 Å². The van der Waals surface area contributed by atoms with E-state index < -0.39 is 6.10 Å². The van der Waals surface area contributed by atoms with E-state index in [0.717, 1.165) is 42.9 Å². The minimum Gasteiger partial charge on any atom is -0.463 e. The Balaban J connectivity index is 2.18. The van der Waals surface area contributed by atoms with Crippen molar-refractivity contribution in [1.82, 2.24) is 9.97 Å². The maximum absolute atomic E-state index is 11.7. The van der Waals surface area contributed by atoms with Crippen LogP contribution in [0.25, 0.3) is 0 Å². The molecule has 0 bridgehead atoms. The molecule has 0 saturated heterocycles. The number of nitrogens with zero attached hydrogens (tertiary/aromatic N) is 1. The highest BCUT2D eigenvalue weighted by molar-refractivity contribution is 5.69. The van der Waals surface area contributed by atoms with Crippen LogP contribution in [0.15, 0.2) is 0 Å². The van der Waals surface area contributed by atoms with E-state index in [4.69, 9.17) is 4.74 Å². The fourth-order valence-corrected chi connectivity index (χ4v) is 2.57. The van der Waals surface area contributed by atoms with Crippen LogP contribution < -0.4 is 0 Å². The van der Waals surface area contributed by atoms with E-state index in [0.29, 0.717) is 18.3 Å². The molecule has 1 rings (SSSR count). The van der Waals surface area contributed by atoms with Crippen LogP contribution in [-0.2, 0) is 22.4 Å². The summed E-state index contributed by atoms with van der Waals surface area (Å²) < 4.78 is 5.17. The van der Waals surface area contributed by atoms with Gasteiger partial charge in [-0.25, -0.2) is 4.98 Å². The summed E-state index contributed by atoms with van der Waals surface area (Å²) in [4.78, 5) is 19.3. The fraction of sp³-hybridized carbons (Fsp3) is 0.789. The molecule has 5 heteroatoms. The molecule has 0 spiro atoms. The lowest BCUT2D eigenvalue weighted by Gasteiger charge is -2.17. The van der Waals surface area contributed by atoms with Gasteiger partial charge in [0.1, 0.15) is 12.4 Å². The van der Waals surface area contributed by atoms with Gasteiger partial charge in [-0.15, -0.1) is 0 Å². The molecule has 0 fully saturated rings. The van der Waals surface area contributed by atoms with Crippen molar-refractivity contribution in [3.8, 4) is 0 Å². The molecule has 0 amide bonds. The number of hydrogen-bond acceptors (Lipinski definition) is 4. The summed E-state index contributed by atoms with van der Waals surface area (Å²) in [5.74, 6) is 0.694. The number of imidazole rings is 1. The second kappa shape index (κ2) is 9.82. The predicted octanol–water partition coefficient (Wildman–Crippen LogP) is 3.72. The zero-order chi connectivity index (χ0) is 18.2. The lowest BCUT2D eigenvalue weighted by Crippen LogP contribution is -2.21. The summed E-state index contributed by atoms with van der Waals surface area (Å²) >= 11 is 0. The monoisotopic (exact) mass is 338 g/mol. The van der Waals surface area contributed by atoms with E-state index in [2.05, 4.69) is 30.7 Å². The molecule has 1 unspecified atom stereocenters. The minimum atomic E-state index is -0.707. The Morgan fingerprint density at radius 1 is 1.29 bits per heavy atom. The number of ether oxygens (including phenoxy) is 1. The zero-order valence-corrected chi connectivity index (χ0v) is 15.9. The number of aromatic nitrogens is 2. The number of aliphatic hydroxyl groups excluding tert-OH is 1. The van der Waals surface area contributed by atoms with Gasteiger partial charge in [-0.1, -0.05) is 40.5 Å². The van der Waals surface area contributed by atoms with Crippen molar-refractivity contribution in [2.45, 2.75) is 85.7 Å². The van der Waals surface area contributed by atoms with Gasteiger partial charge in [0, 0.05) is 25.0 Å². The van der Waals surface area contributed by atoms with Gasteiger partial charge in [-0.2, -0.15) is 0 Å². The summed E-state index contributed by atoms with van der Waals surface area (Å²) in [7, 11) is 0. The van der Waals surface area contributed by atoms with Crippen molar-refractivity contribution in [2.75, 3.05) is 6.61 Å². The highest BCUT2D eigenvalue weighted by Crippen LogP contribution is 2.22. The number of rotatable bonds is 10. The maximum Gasteiger partial charge on any atom is 0.305 e. The Bertz CT molecular complexity index is 503. The maximum atomic E-state index is 11.7. The highest BCUT2D eigenvalue weighted by Gasteiger charge is 2.14. The molecule has 5 nitrogen and oxygen atoms in total. The number of hydrogen-bond donors (Lipinski definition) is 2. The number of H-pyrrole nitrogens is 1. The van der Waals surface area contributed by atoms with Gasteiger partial charge in [-0.3, -0.25) is 4.79 Å². The minimum absolute atomic E-state index is 0.0363. The largest absolute Gasteiger partial charge is 0.463 e. The standard InChI is InChI=1S/C19H34N2O3/c1-6-17-20-14(2)16(21-17)12-15(22)13-24-18(23)10-8-7-9-11-19(3,4)5/h15,22H,6-13H2,1-5H3,(H,20,21). The number of esters is 1. The lowest BCUT2D eigenvalue weighted by molar-refractivity contribution is -0.146. The van der Waals surface area contributed by atoms with Crippen LogP contribution >= 0.6 is 0 Å². The Hall–Kier alpha value is -1.36. The Labute approximate surface area is 146 Å². The van der Waals surface area contributed by atoms with Crippen LogP contribution in [-0.4, -0.2) is 33.8 Å². The van der Waals surface area contributed by atoms with Crippen LogP contribution in [0.1, 0.15) is 77.0 Å². The van der Waals surface area contributed by atoms with Crippen molar-refractivity contribution >= 4 is 5.97 Å². The summed E-state index contributed by atoms with van der Waals surface area (Å²) in [6, 6.07) is 0. The topological polar surface area (TPSA) is 75.2 Å². The van der Waals surface area contributed by atoms with E-state index in [1.54, 1.807) is 0 Å². The second-order valence-electron chi connectivity index (χ2n) is 7.77. The second-order valence-corrected chi connectivity index (χ2v) is 7.77. The smallest absolute Gasteiger partial charge is 0.305 e. The molecule has 0 aliphatic rings. The Morgan fingerprint density at radius 2 is 2.00 bits per heavy atom. The first-order chi connectivity index (χ1) is 11.2. The fourth-order valence-electron chi connectivity index (χ4n) is 2.57. The highest BCUT2D eigenvalue weighted by atomic mass is 16.5. The lowest BCUT2D eigenvalue weighted by atomic mass is 9.89. The third-order valence-electron chi connectivity index (χ3n) is 4.04. The van der Waals surface area contributed by atoms with Crippen LogP contribution in [0.5, 0.6) is 0 Å². The number of aliphatic hydroxyl groups is 1. The predicted molar refractivity (Wildman–Crippen MR) is 95.9 cm³/mol. The number of carbonyl (C=O) groups is 1. The third-order valence-corrected chi connectivity index (χ3v) is 4.04. The van der Waals surface area contributed by atoms with Gasteiger partial charge in [0.2, 0.25) is 0 Å².